The Morgan fingerprint density at radius 3 is 1.43 bits per heavy atom. The van der Waals surface area contributed by atoms with Gasteiger partial charge in [-0.05, 0) is 57.8 Å². The molecule has 2 heteroatoms. The number of aliphatic carboxylic acids is 1. The fourth-order valence-electron chi connectivity index (χ4n) is 2.58. The minimum atomic E-state index is -0.674. The summed E-state index contributed by atoms with van der Waals surface area (Å²) in [4.78, 5) is 10.4. The van der Waals surface area contributed by atoms with Gasteiger partial charge >= 0.3 is 5.97 Å². The molecule has 0 aliphatic carbocycles. The third-order valence-corrected chi connectivity index (χ3v) is 4.06. The maximum Gasteiger partial charge on any atom is 0.303 e. The molecule has 0 aromatic carbocycles. The Morgan fingerprint density at radius 2 is 1.04 bits per heavy atom. The standard InChI is InChI=1S/C21H38O2/c1-2-3-4-5-6-7-8-9-10-11-12-13-14-15-16-17-18-19-20-21(22)23/h6-7,14-15H,2-5,8-13,16-20H2,1H3,(H,22,23)/b7-6+,15-14+. The minimum absolute atomic E-state index is 0.317. The fourth-order valence-corrected chi connectivity index (χ4v) is 2.58. The summed E-state index contributed by atoms with van der Waals surface area (Å²) >= 11 is 0. The quantitative estimate of drug-likeness (QED) is 0.230. The van der Waals surface area contributed by atoms with Gasteiger partial charge in [-0.1, -0.05) is 63.3 Å². The van der Waals surface area contributed by atoms with Gasteiger partial charge in [0.25, 0.3) is 0 Å². The summed E-state index contributed by atoms with van der Waals surface area (Å²) in [5.74, 6) is -0.674. The lowest BCUT2D eigenvalue weighted by Crippen LogP contribution is -1.93. The highest BCUT2D eigenvalue weighted by atomic mass is 16.4. The molecule has 0 aromatic heterocycles. The monoisotopic (exact) mass is 322 g/mol. The van der Waals surface area contributed by atoms with Crippen LogP contribution in [0, 0.1) is 0 Å². The second kappa shape index (κ2) is 19.0. The Labute approximate surface area is 144 Å². The lowest BCUT2D eigenvalue weighted by atomic mass is 10.1. The van der Waals surface area contributed by atoms with Crippen molar-refractivity contribution in [1.82, 2.24) is 0 Å². The summed E-state index contributed by atoms with van der Waals surface area (Å²) in [5, 5.41) is 8.53. The smallest absolute Gasteiger partial charge is 0.303 e. The molecule has 0 rings (SSSR count). The molecule has 0 heterocycles. The third kappa shape index (κ3) is 21.0. The first-order valence-electron chi connectivity index (χ1n) is 9.79. The second-order valence-corrected chi connectivity index (χ2v) is 6.42. The number of carboxylic acids is 1. The van der Waals surface area contributed by atoms with E-state index in [1.54, 1.807) is 0 Å². The number of hydrogen-bond donors (Lipinski definition) is 1. The van der Waals surface area contributed by atoms with E-state index in [0.29, 0.717) is 6.42 Å². The van der Waals surface area contributed by atoms with E-state index in [4.69, 9.17) is 5.11 Å². The van der Waals surface area contributed by atoms with Gasteiger partial charge in [0, 0.05) is 6.42 Å². The maximum atomic E-state index is 10.4. The molecule has 0 atom stereocenters. The highest BCUT2D eigenvalue weighted by Crippen LogP contribution is 2.09. The van der Waals surface area contributed by atoms with Gasteiger partial charge in [0.2, 0.25) is 0 Å². The Hall–Kier alpha value is -1.05. The lowest BCUT2D eigenvalue weighted by molar-refractivity contribution is -0.137. The first kappa shape index (κ1) is 21.9. The Kier molecular flexibility index (Phi) is 18.1. The number of hydrogen-bond acceptors (Lipinski definition) is 1. The van der Waals surface area contributed by atoms with Gasteiger partial charge in [0.1, 0.15) is 0 Å². The molecule has 2 nitrogen and oxygen atoms in total. The predicted molar refractivity (Wildman–Crippen MR) is 101 cm³/mol. The van der Waals surface area contributed by atoms with E-state index in [1.807, 2.05) is 0 Å². The Bertz CT molecular complexity index is 305. The molecule has 0 aromatic rings. The number of carbonyl (C=O) groups is 1. The van der Waals surface area contributed by atoms with Crippen LogP contribution in [-0.2, 0) is 4.79 Å². The summed E-state index contributed by atoms with van der Waals surface area (Å²) in [6, 6.07) is 0. The number of carboxylic acid groups (broad SMARTS) is 1. The van der Waals surface area contributed by atoms with E-state index in [1.165, 1.54) is 64.2 Å². The Balaban J connectivity index is 3.14. The number of allylic oxidation sites excluding steroid dienone is 4. The predicted octanol–water partition coefficient (Wildman–Crippen LogP) is 7.05. The van der Waals surface area contributed by atoms with Crippen molar-refractivity contribution in [3.63, 3.8) is 0 Å². The topological polar surface area (TPSA) is 37.3 Å². The van der Waals surface area contributed by atoms with E-state index in [2.05, 4.69) is 31.2 Å². The molecule has 0 spiro atoms. The largest absolute Gasteiger partial charge is 0.481 e. The van der Waals surface area contributed by atoms with Crippen LogP contribution in [0.15, 0.2) is 24.3 Å². The molecule has 0 bridgehead atoms. The van der Waals surface area contributed by atoms with E-state index in [-0.39, 0.29) is 0 Å². The minimum Gasteiger partial charge on any atom is -0.481 e. The molecule has 1 N–H and O–H groups in total. The highest BCUT2D eigenvalue weighted by molar-refractivity contribution is 5.66. The average Bonchev–Trinajstić information content (AvgIpc) is 2.53. The van der Waals surface area contributed by atoms with E-state index >= 15 is 0 Å². The first-order valence-corrected chi connectivity index (χ1v) is 9.79. The van der Waals surface area contributed by atoms with Crippen LogP contribution in [0.2, 0.25) is 0 Å². The molecule has 0 saturated heterocycles. The van der Waals surface area contributed by atoms with Crippen molar-refractivity contribution < 1.29 is 9.90 Å². The molecular formula is C21H38O2. The summed E-state index contributed by atoms with van der Waals surface area (Å²) in [6.07, 6.45) is 26.7. The summed E-state index contributed by atoms with van der Waals surface area (Å²) in [6.45, 7) is 2.25. The lowest BCUT2D eigenvalue weighted by Gasteiger charge is -1.98. The van der Waals surface area contributed by atoms with Crippen LogP contribution < -0.4 is 0 Å². The van der Waals surface area contributed by atoms with Gasteiger partial charge < -0.3 is 5.11 Å². The van der Waals surface area contributed by atoms with E-state index < -0.39 is 5.97 Å². The van der Waals surface area contributed by atoms with Gasteiger partial charge in [-0.3, -0.25) is 4.79 Å². The maximum absolute atomic E-state index is 10.4. The van der Waals surface area contributed by atoms with Crippen LogP contribution in [0.3, 0.4) is 0 Å². The molecule has 0 amide bonds. The third-order valence-electron chi connectivity index (χ3n) is 4.06. The van der Waals surface area contributed by atoms with Crippen molar-refractivity contribution in [2.75, 3.05) is 0 Å². The molecule has 0 aliphatic rings. The molecule has 134 valence electrons. The average molecular weight is 323 g/mol. The van der Waals surface area contributed by atoms with Gasteiger partial charge in [0.05, 0.1) is 0 Å². The van der Waals surface area contributed by atoms with Crippen LogP contribution in [0.25, 0.3) is 0 Å². The van der Waals surface area contributed by atoms with Gasteiger partial charge in [-0.25, -0.2) is 0 Å². The van der Waals surface area contributed by atoms with Crippen molar-refractivity contribution in [3.05, 3.63) is 24.3 Å². The number of rotatable bonds is 17. The van der Waals surface area contributed by atoms with Crippen LogP contribution in [0.1, 0.15) is 103 Å². The summed E-state index contributed by atoms with van der Waals surface area (Å²) in [7, 11) is 0. The zero-order valence-corrected chi connectivity index (χ0v) is 15.3. The van der Waals surface area contributed by atoms with E-state index in [0.717, 1.165) is 25.7 Å². The zero-order valence-electron chi connectivity index (χ0n) is 15.3. The van der Waals surface area contributed by atoms with Crippen molar-refractivity contribution in [1.29, 1.82) is 0 Å². The molecule has 0 fully saturated rings. The SMILES string of the molecule is CCCCC/C=C/CCCCCC/C=C/CCCCCC(=O)O. The molecule has 0 saturated carbocycles. The van der Waals surface area contributed by atoms with Gasteiger partial charge in [0.15, 0.2) is 0 Å². The normalized spacial score (nSPS) is 11.7. The van der Waals surface area contributed by atoms with E-state index in [9.17, 15) is 4.79 Å². The van der Waals surface area contributed by atoms with Crippen LogP contribution in [-0.4, -0.2) is 11.1 Å². The van der Waals surface area contributed by atoms with Crippen LogP contribution in [0.5, 0.6) is 0 Å². The zero-order chi connectivity index (χ0) is 17.0. The molecule has 0 unspecified atom stereocenters. The van der Waals surface area contributed by atoms with Crippen molar-refractivity contribution in [3.8, 4) is 0 Å². The first-order chi connectivity index (χ1) is 11.3. The summed E-state index contributed by atoms with van der Waals surface area (Å²) < 4.78 is 0. The van der Waals surface area contributed by atoms with Crippen LogP contribution >= 0.6 is 0 Å². The van der Waals surface area contributed by atoms with Crippen molar-refractivity contribution in [2.24, 2.45) is 0 Å². The Morgan fingerprint density at radius 1 is 0.652 bits per heavy atom. The molecule has 0 aliphatic heterocycles. The van der Waals surface area contributed by atoms with Crippen molar-refractivity contribution in [2.45, 2.75) is 103 Å². The molecule has 23 heavy (non-hydrogen) atoms. The molecular weight excluding hydrogens is 284 g/mol. The summed E-state index contributed by atoms with van der Waals surface area (Å²) in [5.41, 5.74) is 0. The number of unbranched alkanes of at least 4 members (excludes halogenated alkanes) is 11. The fraction of sp³-hybridized carbons (Fsp3) is 0.762. The van der Waals surface area contributed by atoms with Crippen molar-refractivity contribution >= 4 is 5.97 Å². The van der Waals surface area contributed by atoms with Gasteiger partial charge in [-0.2, -0.15) is 0 Å². The molecule has 0 radical (unpaired) electrons. The van der Waals surface area contributed by atoms with Gasteiger partial charge in [-0.15, -0.1) is 0 Å². The van der Waals surface area contributed by atoms with Crippen LogP contribution in [0.4, 0.5) is 0 Å². The second-order valence-electron chi connectivity index (χ2n) is 6.42. The highest BCUT2D eigenvalue weighted by Gasteiger charge is 1.95.